The molecule has 0 saturated carbocycles. The van der Waals surface area contributed by atoms with E-state index in [0.29, 0.717) is 5.71 Å². The van der Waals surface area contributed by atoms with E-state index in [1.54, 1.807) is 18.2 Å². The van der Waals surface area contributed by atoms with Gasteiger partial charge in [-0.3, -0.25) is 4.98 Å². The van der Waals surface area contributed by atoms with Gasteiger partial charge in [-0.25, -0.2) is 0 Å². The topological polar surface area (TPSA) is 71.5 Å². The van der Waals surface area contributed by atoms with Gasteiger partial charge in [0, 0.05) is 22.2 Å². The van der Waals surface area contributed by atoms with Gasteiger partial charge in [-0.2, -0.15) is 5.10 Å². The Labute approximate surface area is 128 Å². The zero-order chi connectivity index (χ0) is 15.7. The Kier molecular flexibility index (Phi) is 3.51. The van der Waals surface area contributed by atoms with Crippen LogP contribution in [0.3, 0.4) is 0 Å². The Bertz CT molecular complexity index is 885. The highest BCUT2D eigenvalue weighted by molar-refractivity contribution is 6.19. The number of pyridine rings is 1. The lowest BCUT2D eigenvalue weighted by atomic mass is 9.97. The molecule has 0 fully saturated rings. The van der Waals surface area contributed by atoms with Crippen LogP contribution in [0.2, 0.25) is 0 Å². The highest BCUT2D eigenvalue weighted by Crippen LogP contribution is 2.24. The number of aromatic hydroxyl groups is 1. The SMILES string of the molecule is Cc1ccc2nc(C)cc(/C(=N/N)c3cccc(O)c3)c2c1. The van der Waals surface area contributed by atoms with Crippen molar-refractivity contribution in [1.82, 2.24) is 4.98 Å². The van der Waals surface area contributed by atoms with E-state index >= 15 is 0 Å². The minimum Gasteiger partial charge on any atom is -0.508 e. The summed E-state index contributed by atoms with van der Waals surface area (Å²) in [5, 5.41) is 14.7. The van der Waals surface area contributed by atoms with Gasteiger partial charge >= 0.3 is 0 Å². The van der Waals surface area contributed by atoms with Gasteiger partial charge < -0.3 is 10.9 Å². The van der Waals surface area contributed by atoms with Crippen molar-refractivity contribution in [3.8, 4) is 5.75 Å². The molecule has 0 aliphatic carbocycles. The van der Waals surface area contributed by atoms with Crippen LogP contribution in [0.5, 0.6) is 5.75 Å². The predicted octanol–water partition coefficient (Wildman–Crippen LogP) is 3.27. The molecule has 2 aromatic carbocycles. The Morgan fingerprint density at radius 3 is 2.64 bits per heavy atom. The van der Waals surface area contributed by atoms with E-state index in [9.17, 15) is 5.11 Å². The second kappa shape index (κ2) is 5.48. The molecule has 110 valence electrons. The highest BCUT2D eigenvalue weighted by atomic mass is 16.3. The summed E-state index contributed by atoms with van der Waals surface area (Å²) in [6.45, 7) is 3.98. The van der Waals surface area contributed by atoms with E-state index in [4.69, 9.17) is 5.84 Å². The second-order valence-electron chi connectivity index (χ2n) is 5.36. The molecular formula is C18H17N3O. The summed E-state index contributed by atoms with van der Waals surface area (Å²) < 4.78 is 0. The standard InChI is InChI=1S/C18H17N3O/c1-11-6-7-17-15(8-11)16(9-12(2)20-17)18(21-19)13-4-3-5-14(22)10-13/h3-10,22H,19H2,1-2H3/b21-18+. The van der Waals surface area contributed by atoms with Gasteiger partial charge in [-0.15, -0.1) is 0 Å². The molecule has 3 rings (SSSR count). The van der Waals surface area contributed by atoms with Crippen LogP contribution in [-0.4, -0.2) is 15.8 Å². The summed E-state index contributed by atoms with van der Waals surface area (Å²) in [6.07, 6.45) is 0. The summed E-state index contributed by atoms with van der Waals surface area (Å²) in [4.78, 5) is 4.56. The Balaban J connectivity index is 2.29. The number of rotatable bonds is 2. The number of phenols is 1. The number of aromatic nitrogens is 1. The van der Waals surface area contributed by atoms with Gasteiger partial charge in [0.1, 0.15) is 5.75 Å². The molecule has 4 nitrogen and oxygen atoms in total. The summed E-state index contributed by atoms with van der Waals surface area (Å²) >= 11 is 0. The third kappa shape index (κ3) is 2.51. The van der Waals surface area contributed by atoms with Crippen LogP contribution >= 0.6 is 0 Å². The number of benzene rings is 2. The van der Waals surface area contributed by atoms with Gasteiger partial charge in [0.05, 0.1) is 11.2 Å². The quantitative estimate of drug-likeness (QED) is 0.432. The van der Waals surface area contributed by atoms with Crippen LogP contribution in [0.4, 0.5) is 0 Å². The molecule has 0 unspecified atom stereocenters. The molecule has 4 heteroatoms. The van der Waals surface area contributed by atoms with E-state index in [2.05, 4.69) is 16.2 Å². The predicted molar refractivity (Wildman–Crippen MR) is 89.2 cm³/mol. The van der Waals surface area contributed by atoms with Crippen molar-refractivity contribution < 1.29 is 5.11 Å². The van der Waals surface area contributed by atoms with Crippen molar-refractivity contribution in [1.29, 1.82) is 0 Å². The first kappa shape index (κ1) is 14.1. The van der Waals surface area contributed by atoms with Crippen LogP contribution < -0.4 is 5.84 Å². The molecule has 0 radical (unpaired) electrons. The fourth-order valence-corrected chi connectivity index (χ4v) is 2.62. The molecule has 22 heavy (non-hydrogen) atoms. The average Bonchev–Trinajstić information content (AvgIpc) is 2.49. The number of hydrogen-bond acceptors (Lipinski definition) is 4. The summed E-state index contributed by atoms with van der Waals surface area (Å²) in [5.41, 5.74) is 5.27. The van der Waals surface area contributed by atoms with E-state index in [1.165, 1.54) is 0 Å². The average molecular weight is 291 g/mol. The maximum absolute atomic E-state index is 9.71. The first-order valence-electron chi connectivity index (χ1n) is 7.04. The zero-order valence-corrected chi connectivity index (χ0v) is 12.5. The molecule has 0 bridgehead atoms. The molecule has 3 N–H and O–H groups in total. The van der Waals surface area contributed by atoms with Crippen molar-refractivity contribution >= 4 is 16.6 Å². The number of phenolic OH excluding ortho intramolecular Hbond substituents is 1. The van der Waals surface area contributed by atoms with Crippen LogP contribution in [-0.2, 0) is 0 Å². The van der Waals surface area contributed by atoms with Crippen LogP contribution in [0, 0.1) is 13.8 Å². The maximum atomic E-state index is 9.71. The number of nitrogens with two attached hydrogens (primary N) is 1. The first-order valence-corrected chi connectivity index (χ1v) is 7.04. The Hall–Kier alpha value is -2.88. The van der Waals surface area contributed by atoms with Gasteiger partial charge in [0.2, 0.25) is 0 Å². The van der Waals surface area contributed by atoms with Crippen molar-refractivity contribution in [2.24, 2.45) is 10.9 Å². The van der Waals surface area contributed by atoms with Crippen LogP contribution in [0.1, 0.15) is 22.4 Å². The van der Waals surface area contributed by atoms with Crippen molar-refractivity contribution in [3.63, 3.8) is 0 Å². The number of fused-ring (bicyclic) bond motifs is 1. The molecule has 0 aliphatic heterocycles. The Morgan fingerprint density at radius 1 is 1.09 bits per heavy atom. The molecule has 0 spiro atoms. The third-order valence-electron chi connectivity index (χ3n) is 3.60. The van der Waals surface area contributed by atoms with Gasteiger partial charge in [-0.05, 0) is 44.2 Å². The minimum absolute atomic E-state index is 0.185. The van der Waals surface area contributed by atoms with Crippen molar-refractivity contribution in [3.05, 3.63) is 70.9 Å². The van der Waals surface area contributed by atoms with Crippen LogP contribution in [0.15, 0.2) is 53.6 Å². The van der Waals surface area contributed by atoms with Crippen molar-refractivity contribution in [2.75, 3.05) is 0 Å². The highest BCUT2D eigenvalue weighted by Gasteiger charge is 2.13. The van der Waals surface area contributed by atoms with E-state index in [1.807, 2.05) is 38.1 Å². The lowest BCUT2D eigenvalue weighted by molar-refractivity contribution is 0.475. The molecule has 1 heterocycles. The van der Waals surface area contributed by atoms with Gasteiger partial charge in [0.15, 0.2) is 0 Å². The Morgan fingerprint density at radius 2 is 1.91 bits per heavy atom. The molecule has 3 aromatic rings. The summed E-state index contributed by atoms with van der Waals surface area (Å²) in [6, 6.07) is 15.0. The zero-order valence-electron chi connectivity index (χ0n) is 12.5. The number of nitrogens with zero attached hydrogens (tertiary/aromatic N) is 2. The molecule has 0 saturated heterocycles. The third-order valence-corrected chi connectivity index (χ3v) is 3.60. The van der Waals surface area contributed by atoms with E-state index < -0.39 is 0 Å². The largest absolute Gasteiger partial charge is 0.508 e. The van der Waals surface area contributed by atoms with Crippen LogP contribution in [0.25, 0.3) is 10.9 Å². The first-order chi connectivity index (χ1) is 10.6. The minimum atomic E-state index is 0.185. The molecule has 1 aromatic heterocycles. The van der Waals surface area contributed by atoms with E-state index in [0.717, 1.165) is 33.3 Å². The molecule has 0 aliphatic rings. The molecule has 0 amide bonds. The summed E-state index contributed by atoms with van der Waals surface area (Å²) in [7, 11) is 0. The van der Waals surface area contributed by atoms with Gasteiger partial charge in [0.25, 0.3) is 0 Å². The maximum Gasteiger partial charge on any atom is 0.116 e. The molecular weight excluding hydrogens is 274 g/mol. The van der Waals surface area contributed by atoms with E-state index in [-0.39, 0.29) is 5.75 Å². The normalized spacial score (nSPS) is 11.8. The van der Waals surface area contributed by atoms with Crippen molar-refractivity contribution in [2.45, 2.75) is 13.8 Å². The number of hydrazone groups is 1. The molecule has 0 atom stereocenters. The lowest BCUT2D eigenvalue weighted by Crippen LogP contribution is -2.08. The number of hydrogen-bond donors (Lipinski definition) is 2. The fraction of sp³-hybridized carbons (Fsp3) is 0.111. The second-order valence-corrected chi connectivity index (χ2v) is 5.36. The van der Waals surface area contributed by atoms with Gasteiger partial charge in [-0.1, -0.05) is 23.8 Å². The number of aryl methyl sites for hydroxylation is 2. The summed E-state index contributed by atoms with van der Waals surface area (Å²) in [5.74, 6) is 5.84. The smallest absolute Gasteiger partial charge is 0.116 e. The lowest BCUT2D eigenvalue weighted by Gasteiger charge is -2.11. The monoisotopic (exact) mass is 291 g/mol. The fourth-order valence-electron chi connectivity index (χ4n) is 2.62.